The van der Waals surface area contributed by atoms with Crippen molar-refractivity contribution in [2.24, 2.45) is 0 Å². The Morgan fingerprint density at radius 3 is 2.76 bits per heavy atom. The molecular formula is C20H24N4O4S. The molecule has 29 heavy (non-hydrogen) atoms. The molecule has 1 aromatic heterocycles. The van der Waals surface area contributed by atoms with Gasteiger partial charge in [-0.15, -0.1) is 0 Å². The maximum absolute atomic E-state index is 12.9. The third-order valence-electron chi connectivity index (χ3n) is 4.79. The Balaban J connectivity index is 1.75. The number of amides is 3. The number of anilines is 1. The van der Waals surface area contributed by atoms with Gasteiger partial charge in [0, 0.05) is 26.1 Å². The van der Waals surface area contributed by atoms with Gasteiger partial charge in [0.25, 0.3) is 5.91 Å². The molecule has 3 amide bonds. The Labute approximate surface area is 173 Å². The summed E-state index contributed by atoms with van der Waals surface area (Å²) in [6.07, 6.45) is 0.752. The van der Waals surface area contributed by atoms with E-state index in [0.717, 1.165) is 16.9 Å². The van der Waals surface area contributed by atoms with Crippen molar-refractivity contribution in [3.8, 4) is 5.75 Å². The number of para-hydroxylation sites is 1. The van der Waals surface area contributed by atoms with Crippen LogP contribution < -0.4 is 10.1 Å². The fourth-order valence-corrected chi connectivity index (χ4v) is 4.25. The average molecular weight is 417 g/mol. The van der Waals surface area contributed by atoms with Gasteiger partial charge in [-0.05, 0) is 19.4 Å². The monoisotopic (exact) mass is 416 g/mol. The summed E-state index contributed by atoms with van der Waals surface area (Å²) in [5, 5.41) is 3.13. The molecule has 1 saturated heterocycles. The number of carbonyl (C=O) groups is 3. The van der Waals surface area contributed by atoms with E-state index in [1.54, 1.807) is 33.0 Å². The molecule has 1 aromatic carbocycles. The highest BCUT2D eigenvalue weighted by Crippen LogP contribution is 2.28. The molecule has 1 N–H and O–H groups in total. The van der Waals surface area contributed by atoms with E-state index in [1.807, 2.05) is 24.3 Å². The highest BCUT2D eigenvalue weighted by Gasteiger charge is 2.36. The van der Waals surface area contributed by atoms with E-state index in [2.05, 4.69) is 10.3 Å². The van der Waals surface area contributed by atoms with Crippen molar-refractivity contribution in [3.05, 3.63) is 40.4 Å². The van der Waals surface area contributed by atoms with E-state index in [4.69, 9.17) is 4.74 Å². The van der Waals surface area contributed by atoms with Crippen LogP contribution in [0.4, 0.5) is 5.13 Å². The van der Waals surface area contributed by atoms with Crippen LogP contribution in [0.3, 0.4) is 0 Å². The van der Waals surface area contributed by atoms with Gasteiger partial charge in [0.15, 0.2) is 5.13 Å². The molecule has 3 rings (SSSR count). The zero-order valence-corrected chi connectivity index (χ0v) is 17.7. The second-order valence-corrected chi connectivity index (χ2v) is 8.01. The first kappa shape index (κ1) is 20.8. The third kappa shape index (κ3) is 4.40. The molecule has 154 valence electrons. The predicted octanol–water partition coefficient (Wildman–Crippen LogP) is 2.29. The van der Waals surface area contributed by atoms with E-state index in [-0.39, 0.29) is 17.7 Å². The van der Waals surface area contributed by atoms with Gasteiger partial charge in [0.1, 0.15) is 16.7 Å². The van der Waals surface area contributed by atoms with Crippen LogP contribution in [-0.2, 0) is 16.1 Å². The zero-order valence-electron chi connectivity index (χ0n) is 16.9. The number of likely N-dealkylation sites (tertiary alicyclic amines) is 1. The number of hydrogen-bond acceptors (Lipinski definition) is 6. The number of thiazole rings is 1. The molecule has 2 heterocycles. The fourth-order valence-electron chi connectivity index (χ4n) is 3.26. The molecule has 8 nitrogen and oxygen atoms in total. The van der Waals surface area contributed by atoms with E-state index >= 15 is 0 Å². The number of benzene rings is 1. The van der Waals surface area contributed by atoms with Crippen molar-refractivity contribution in [1.29, 1.82) is 0 Å². The molecule has 1 aliphatic rings. The Bertz CT molecular complexity index is 940. The zero-order chi connectivity index (χ0) is 21.1. The molecular weight excluding hydrogens is 392 g/mol. The predicted molar refractivity (Wildman–Crippen MR) is 110 cm³/mol. The minimum absolute atomic E-state index is 0.0742. The Kier molecular flexibility index (Phi) is 6.17. The van der Waals surface area contributed by atoms with Gasteiger partial charge < -0.3 is 19.9 Å². The molecule has 1 atom stereocenters. The summed E-state index contributed by atoms with van der Waals surface area (Å²) in [5.41, 5.74) is 1.41. The largest absolute Gasteiger partial charge is 0.496 e. The minimum Gasteiger partial charge on any atom is -0.496 e. The summed E-state index contributed by atoms with van der Waals surface area (Å²) in [7, 11) is 4.91. The fraction of sp³-hybridized carbons (Fsp3) is 0.400. The van der Waals surface area contributed by atoms with Gasteiger partial charge in [-0.1, -0.05) is 29.5 Å². The second-order valence-electron chi connectivity index (χ2n) is 7.01. The van der Waals surface area contributed by atoms with Crippen LogP contribution in [0.5, 0.6) is 5.75 Å². The molecule has 0 saturated carbocycles. The van der Waals surface area contributed by atoms with Crippen LogP contribution in [0, 0.1) is 6.92 Å². The highest BCUT2D eigenvalue weighted by atomic mass is 32.1. The summed E-state index contributed by atoms with van der Waals surface area (Å²) in [4.78, 5) is 45.3. The normalized spacial score (nSPS) is 16.1. The van der Waals surface area contributed by atoms with Gasteiger partial charge in [-0.3, -0.25) is 14.4 Å². The lowest BCUT2D eigenvalue weighted by Crippen LogP contribution is -2.41. The van der Waals surface area contributed by atoms with Crippen molar-refractivity contribution >= 4 is 34.2 Å². The van der Waals surface area contributed by atoms with Crippen molar-refractivity contribution in [2.75, 3.05) is 26.5 Å². The van der Waals surface area contributed by atoms with E-state index in [9.17, 15) is 14.4 Å². The van der Waals surface area contributed by atoms with Crippen LogP contribution in [-0.4, -0.2) is 59.8 Å². The Hall–Kier alpha value is -2.94. The summed E-state index contributed by atoms with van der Waals surface area (Å²) in [6.45, 7) is 2.03. The van der Waals surface area contributed by atoms with Crippen molar-refractivity contribution < 1.29 is 19.1 Å². The molecule has 0 bridgehead atoms. The number of methoxy groups -OCH3 is 1. The first-order valence-corrected chi connectivity index (χ1v) is 10.0. The maximum atomic E-state index is 12.9. The number of rotatable bonds is 6. The van der Waals surface area contributed by atoms with Crippen LogP contribution in [0.1, 0.15) is 33.8 Å². The number of nitrogens with one attached hydrogen (secondary N) is 1. The molecule has 0 aliphatic carbocycles. The van der Waals surface area contributed by atoms with Crippen molar-refractivity contribution in [2.45, 2.75) is 32.4 Å². The van der Waals surface area contributed by atoms with Crippen LogP contribution in [0.15, 0.2) is 24.3 Å². The summed E-state index contributed by atoms with van der Waals surface area (Å²) >= 11 is 1.14. The Morgan fingerprint density at radius 2 is 2.07 bits per heavy atom. The lowest BCUT2D eigenvalue weighted by Gasteiger charge is -2.24. The molecule has 1 fully saturated rings. The van der Waals surface area contributed by atoms with Crippen molar-refractivity contribution in [3.63, 3.8) is 0 Å². The van der Waals surface area contributed by atoms with Gasteiger partial charge in [-0.2, -0.15) is 0 Å². The lowest BCUT2D eigenvalue weighted by atomic mass is 10.1. The quantitative estimate of drug-likeness (QED) is 0.780. The summed E-state index contributed by atoms with van der Waals surface area (Å²) in [5.74, 6) is 0.140. The highest BCUT2D eigenvalue weighted by molar-refractivity contribution is 7.17. The molecule has 0 radical (unpaired) electrons. The van der Waals surface area contributed by atoms with Gasteiger partial charge >= 0.3 is 0 Å². The van der Waals surface area contributed by atoms with E-state index < -0.39 is 6.04 Å². The Morgan fingerprint density at radius 1 is 1.34 bits per heavy atom. The number of nitrogens with zero attached hydrogens (tertiary/aromatic N) is 3. The number of aryl methyl sites for hydroxylation is 1. The van der Waals surface area contributed by atoms with Crippen LogP contribution >= 0.6 is 11.3 Å². The second kappa shape index (κ2) is 8.60. The van der Waals surface area contributed by atoms with Crippen LogP contribution in [0.25, 0.3) is 0 Å². The maximum Gasteiger partial charge on any atom is 0.265 e. The van der Waals surface area contributed by atoms with E-state index in [0.29, 0.717) is 40.8 Å². The smallest absolute Gasteiger partial charge is 0.265 e. The number of carbonyl (C=O) groups excluding carboxylic acids is 3. The summed E-state index contributed by atoms with van der Waals surface area (Å²) < 4.78 is 5.36. The molecule has 1 aliphatic heterocycles. The SMILES string of the molecule is COc1ccccc1CN1C(=O)CCC1C(=O)Nc1nc(C)c(C(=O)N(C)C)s1. The van der Waals surface area contributed by atoms with Gasteiger partial charge in [-0.25, -0.2) is 4.98 Å². The summed E-state index contributed by atoms with van der Waals surface area (Å²) in [6, 6.07) is 6.84. The molecule has 2 aromatic rings. The van der Waals surface area contributed by atoms with Crippen LogP contribution in [0.2, 0.25) is 0 Å². The minimum atomic E-state index is -0.593. The first-order chi connectivity index (χ1) is 13.8. The number of ether oxygens (including phenoxy) is 1. The standard InChI is InChI=1S/C20H24N4O4S/c1-12-17(19(27)23(2)3)29-20(21-12)22-18(26)14-9-10-16(25)24(14)11-13-7-5-6-8-15(13)28-4/h5-8,14H,9-11H2,1-4H3,(H,21,22,26). The molecule has 0 spiro atoms. The number of aromatic nitrogens is 1. The molecule has 1 unspecified atom stereocenters. The molecule has 9 heteroatoms. The topological polar surface area (TPSA) is 91.8 Å². The number of hydrogen-bond donors (Lipinski definition) is 1. The first-order valence-electron chi connectivity index (χ1n) is 9.23. The van der Waals surface area contributed by atoms with Gasteiger partial charge in [0.2, 0.25) is 11.8 Å². The third-order valence-corrected chi connectivity index (χ3v) is 5.85. The van der Waals surface area contributed by atoms with E-state index in [1.165, 1.54) is 4.90 Å². The van der Waals surface area contributed by atoms with Gasteiger partial charge in [0.05, 0.1) is 19.3 Å². The average Bonchev–Trinajstić information content (AvgIpc) is 3.24. The lowest BCUT2D eigenvalue weighted by molar-refractivity contribution is -0.133. The van der Waals surface area contributed by atoms with Crippen molar-refractivity contribution in [1.82, 2.24) is 14.8 Å².